The fourth-order valence-corrected chi connectivity index (χ4v) is 4.13. The van der Waals surface area contributed by atoms with Gasteiger partial charge in [-0.3, -0.25) is 9.59 Å². The van der Waals surface area contributed by atoms with Gasteiger partial charge in [0.1, 0.15) is 5.65 Å². The first-order chi connectivity index (χ1) is 15.6. The van der Waals surface area contributed by atoms with Crippen LogP contribution in [-0.4, -0.2) is 39.2 Å². The second kappa shape index (κ2) is 8.48. The maximum Gasteiger partial charge on any atom is 0.255 e. The number of amides is 2. The zero-order valence-corrected chi connectivity index (χ0v) is 18.0. The molecule has 0 bridgehead atoms. The minimum absolute atomic E-state index is 0.0450. The van der Waals surface area contributed by atoms with Crippen molar-refractivity contribution in [3.05, 3.63) is 107 Å². The summed E-state index contributed by atoms with van der Waals surface area (Å²) in [4.78, 5) is 31.2. The molecule has 4 aromatic rings. The Morgan fingerprint density at radius 2 is 1.81 bits per heavy atom. The number of pyridine rings is 1. The van der Waals surface area contributed by atoms with Gasteiger partial charge >= 0.3 is 0 Å². The van der Waals surface area contributed by atoms with Gasteiger partial charge < -0.3 is 14.6 Å². The number of likely N-dealkylation sites (tertiary alicyclic amines) is 1. The van der Waals surface area contributed by atoms with E-state index in [-0.39, 0.29) is 17.7 Å². The van der Waals surface area contributed by atoms with Gasteiger partial charge in [-0.25, -0.2) is 4.98 Å². The molecule has 2 aromatic carbocycles. The van der Waals surface area contributed by atoms with Crippen molar-refractivity contribution in [3.63, 3.8) is 0 Å². The van der Waals surface area contributed by atoms with Gasteiger partial charge in [-0.1, -0.05) is 35.9 Å². The van der Waals surface area contributed by atoms with Crippen LogP contribution in [-0.2, 0) is 6.54 Å². The standard InChI is InChI=1S/C25H21ClN4O2/c26-22-4-2-1-3-21(22)25(32)30-15-20(16-30)18-5-7-19(8-6-18)24(31)28-14-17-9-11-29-12-10-27-23(29)13-17/h1-13,20H,14-16H2,(H,28,31). The first-order valence-electron chi connectivity index (χ1n) is 10.4. The quantitative estimate of drug-likeness (QED) is 0.502. The van der Waals surface area contributed by atoms with Crippen LogP contribution in [0.25, 0.3) is 5.65 Å². The van der Waals surface area contributed by atoms with Gasteiger partial charge in [0.2, 0.25) is 0 Å². The molecule has 0 aliphatic carbocycles. The Labute approximate surface area is 190 Å². The van der Waals surface area contributed by atoms with E-state index < -0.39 is 0 Å². The van der Waals surface area contributed by atoms with E-state index in [2.05, 4.69) is 10.3 Å². The molecule has 0 saturated carbocycles. The van der Waals surface area contributed by atoms with Crippen molar-refractivity contribution in [2.75, 3.05) is 13.1 Å². The lowest BCUT2D eigenvalue weighted by Crippen LogP contribution is -2.48. The van der Waals surface area contributed by atoms with Crippen LogP contribution >= 0.6 is 11.6 Å². The molecule has 1 aliphatic heterocycles. The monoisotopic (exact) mass is 444 g/mol. The number of carbonyl (C=O) groups is 2. The van der Waals surface area contributed by atoms with E-state index in [0.717, 1.165) is 16.8 Å². The van der Waals surface area contributed by atoms with Gasteiger partial charge in [0.15, 0.2) is 0 Å². The molecule has 160 valence electrons. The molecular weight excluding hydrogens is 424 g/mol. The van der Waals surface area contributed by atoms with Crippen molar-refractivity contribution in [3.8, 4) is 0 Å². The number of nitrogens with one attached hydrogen (secondary N) is 1. The van der Waals surface area contributed by atoms with E-state index in [0.29, 0.717) is 35.8 Å². The van der Waals surface area contributed by atoms with Crippen LogP contribution in [0.2, 0.25) is 5.02 Å². The maximum absolute atomic E-state index is 12.6. The smallest absolute Gasteiger partial charge is 0.255 e. The van der Waals surface area contributed by atoms with Gasteiger partial charge in [0, 0.05) is 49.7 Å². The van der Waals surface area contributed by atoms with Crippen LogP contribution in [0.1, 0.15) is 37.8 Å². The highest BCUT2D eigenvalue weighted by Gasteiger charge is 2.32. The molecule has 0 radical (unpaired) electrons. The minimum Gasteiger partial charge on any atom is -0.348 e. The molecule has 6 nitrogen and oxygen atoms in total. The average molecular weight is 445 g/mol. The molecule has 1 N–H and O–H groups in total. The van der Waals surface area contributed by atoms with Crippen molar-refractivity contribution in [1.29, 1.82) is 0 Å². The van der Waals surface area contributed by atoms with E-state index >= 15 is 0 Å². The van der Waals surface area contributed by atoms with E-state index in [1.165, 1.54) is 0 Å². The Morgan fingerprint density at radius 3 is 2.59 bits per heavy atom. The fraction of sp³-hybridized carbons (Fsp3) is 0.160. The lowest BCUT2D eigenvalue weighted by Gasteiger charge is -2.39. The van der Waals surface area contributed by atoms with Crippen LogP contribution in [0.4, 0.5) is 0 Å². The Bertz CT molecular complexity index is 1290. The molecular formula is C25H21ClN4O2. The van der Waals surface area contributed by atoms with Gasteiger partial charge in [-0.2, -0.15) is 0 Å². The summed E-state index contributed by atoms with van der Waals surface area (Å²) >= 11 is 6.14. The lowest BCUT2D eigenvalue weighted by molar-refractivity contribution is 0.0602. The lowest BCUT2D eigenvalue weighted by atomic mass is 9.90. The molecule has 32 heavy (non-hydrogen) atoms. The number of benzene rings is 2. The molecule has 1 saturated heterocycles. The Hall–Kier alpha value is -3.64. The molecule has 5 rings (SSSR count). The predicted molar refractivity (Wildman–Crippen MR) is 123 cm³/mol. The average Bonchev–Trinajstić information content (AvgIpc) is 3.25. The maximum atomic E-state index is 12.6. The first-order valence-corrected chi connectivity index (χ1v) is 10.8. The van der Waals surface area contributed by atoms with Crippen LogP contribution < -0.4 is 5.32 Å². The Kier molecular flexibility index (Phi) is 5.37. The number of imidazole rings is 1. The van der Waals surface area contributed by atoms with Crippen molar-refractivity contribution in [1.82, 2.24) is 19.6 Å². The second-order valence-corrected chi connectivity index (χ2v) is 8.33. The Morgan fingerprint density at radius 1 is 1.03 bits per heavy atom. The molecule has 0 unspecified atom stereocenters. The number of aromatic nitrogens is 2. The van der Waals surface area contributed by atoms with E-state index in [9.17, 15) is 9.59 Å². The zero-order chi connectivity index (χ0) is 22.1. The number of nitrogens with zero attached hydrogens (tertiary/aromatic N) is 3. The van der Waals surface area contributed by atoms with Crippen molar-refractivity contribution in [2.45, 2.75) is 12.5 Å². The summed E-state index contributed by atoms with van der Waals surface area (Å²) in [5, 5.41) is 3.43. The third-order valence-corrected chi connectivity index (χ3v) is 6.16. The summed E-state index contributed by atoms with van der Waals surface area (Å²) in [5.41, 5.74) is 4.11. The highest BCUT2D eigenvalue weighted by atomic mass is 35.5. The molecule has 2 amide bonds. The number of rotatable bonds is 5. The minimum atomic E-state index is -0.121. The summed E-state index contributed by atoms with van der Waals surface area (Å²) in [6.45, 7) is 1.73. The van der Waals surface area contributed by atoms with Crippen LogP contribution in [0.3, 0.4) is 0 Å². The first kappa shape index (κ1) is 20.3. The van der Waals surface area contributed by atoms with Crippen molar-refractivity contribution >= 4 is 29.1 Å². The third-order valence-electron chi connectivity index (χ3n) is 5.83. The summed E-state index contributed by atoms with van der Waals surface area (Å²) < 4.78 is 1.92. The van der Waals surface area contributed by atoms with Gasteiger partial charge in [0.05, 0.1) is 10.6 Å². The highest BCUT2D eigenvalue weighted by Crippen LogP contribution is 2.30. The van der Waals surface area contributed by atoms with E-state index in [1.807, 2.05) is 65.3 Å². The number of hydrogen-bond acceptors (Lipinski definition) is 3. The van der Waals surface area contributed by atoms with Gasteiger partial charge in [0.25, 0.3) is 11.8 Å². The summed E-state index contributed by atoms with van der Waals surface area (Å²) in [7, 11) is 0. The molecule has 7 heteroatoms. The normalized spacial score (nSPS) is 13.7. The topological polar surface area (TPSA) is 66.7 Å². The molecule has 0 spiro atoms. The second-order valence-electron chi connectivity index (χ2n) is 7.92. The van der Waals surface area contributed by atoms with Crippen LogP contribution in [0, 0.1) is 0 Å². The number of hydrogen-bond donors (Lipinski definition) is 1. The number of halogens is 1. The zero-order valence-electron chi connectivity index (χ0n) is 17.2. The molecule has 0 atom stereocenters. The van der Waals surface area contributed by atoms with E-state index in [4.69, 9.17) is 11.6 Å². The number of carbonyl (C=O) groups excluding carboxylic acids is 2. The molecule has 1 aliphatic rings. The van der Waals surface area contributed by atoms with Crippen LogP contribution in [0.15, 0.2) is 79.3 Å². The third kappa shape index (κ3) is 3.97. The summed E-state index contributed by atoms with van der Waals surface area (Å²) in [5.74, 6) is 0.0973. The molecule has 2 aromatic heterocycles. The van der Waals surface area contributed by atoms with Gasteiger partial charge in [-0.15, -0.1) is 0 Å². The van der Waals surface area contributed by atoms with Crippen molar-refractivity contribution in [2.24, 2.45) is 0 Å². The van der Waals surface area contributed by atoms with Crippen molar-refractivity contribution < 1.29 is 9.59 Å². The fourth-order valence-electron chi connectivity index (χ4n) is 3.91. The Balaban J connectivity index is 1.16. The SMILES string of the molecule is O=C(NCc1ccn2ccnc2c1)c1ccc(C2CN(C(=O)c3ccccc3Cl)C2)cc1. The summed E-state index contributed by atoms with van der Waals surface area (Å²) in [6.07, 6.45) is 5.55. The van der Waals surface area contributed by atoms with Crippen LogP contribution in [0.5, 0.6) is 0 Å². The van der Waals surface area contributed by atoms with Gasteiger partial charge in [-0.05, 0) is 47.5 Å². The molecule has 3 heterocycles. The molecule has 1 fully saturated rings. The largest absolute Gasteiger partial charge is 0.348 e. The van der Waals surface area contributed by atoms with E-state index in [1.54, 1.807) is 23.2 Å². The highest BCUT2D eigenvalue weighted by molar-refractivity contribution is 6.33. The predicted octanol–water partition coefficient (Wildman–Crippen LogP) is 4.16. The summed E-state index contributed by atoms with van der Waals surface area (Å²) in [6, 6.07) is 18.6. The number of fused-ring (bicyclic) bond motifs is 1.